The molecule has 1 atom stereocenters. The second-order valence-electron chi connectivity index (χ2n) is 6.05. The van der Waals surface area contributed by atoms with Crippen LogP contribution in [-0.2, 0) is 16.9 Å². The van der Waals surface area contributed by atoms with E-state index in [-0.39, 0.29) is 22.8 Å². The smallest absolute Gasteiger partial charge is 0.369 e. The molecule has 0 saturated carbocycles. The molecule has 0 bridgehead atoms. The van der Waals surface area contributed by atoms with E-state index in [1.165, 1.54) is 12.1 Å². The Balaban J connectivity index is 1.92. The Labute approximate surface area is 159 Å². The molecule has 3 aromatic rings. The molecule has 1 amide bonds. The number of halogens is 5. The number of amides is 1. The van der Waals surface area contributed by atoms with Crippen molar-refractivity contribution in [1.82, 2.24) is 15.3 Å². The lowest BCUT2D eigenvalue weighted by molar-refractivity contribution is -0.257. The summed E-state index contributed by atoms with van der Waals surface area (Å²) in [5.41, 5.74) is -5.70. The third-order valence-corrected chi connectivity index (χ3v) is 4.15. The number of aliphatic hydroxyl groups is 1. The van der Waals surface area contributed by atoms with Crippen molar-refractivity contribution in [2.45, 2.75) is 18.3 Å². The van der Waals surface area contributed by atoms with E-state index in [2.05, 4.69) is 9.97 Å². The van der Waals surface area contributed by atoms with E-state index in [0.29, 0.717) is 12.1 Å². The molecule has 0 aliphatic heterocycles. The summed E-state index contributed by atoms with van der Waals surface area (Å²) >= 11 is 0. The van der Waals surface area contributed by atoms with E-state index in [1.807, 2.05) is 5.32 Å². The Bertz CT molecular complexity index is 1150. The molecule has 3 rings (SSSR count). The van der Waals surface area contributed by atoms with Gasteiger partial charge in [-0.1, -0.05) is 18.2 Å². The van der Waals surface area contributed by atoms with Crippen LogP contribution in [0.15, 0.2) is 47.3 Å². The summed E-state index contributed by atoms with van der Waals surface area (Å²) in [4.78, 5) is 30.5. The molecule has 0 aliphatic carbocycles. The van der Waals surface area contributed by atoms with E-state index in [0.717, 1.165) is 0 Å². The monoisotopic (exact) mass is 413 g/mol. The van der Waals surface area contributed by atoms with Crippen LogP contribution in [0.3, 0.4) is 0 Å². The summed E-state index contributed by atoms with van der Waals surface area (Å²) in [6.45, 7) is -0.666. The molecule has 2 aromatic carbocycles. The first kappa shape index (κ1) is 20.4. The zero-order valence-corrected chi connectivity index (χ0v) is 14.3. The minimum atomic E-state index is -5.55. The molecule has 29 heavy (non-hydrogen) atoms. The number of para-hydroxylation sites is 1. The minimum Gasteiger partial charge on any atom is -0.369 e. The predicted molar refractivity (Wildman–Crippen MR) is 90.5 cm³/mol. The Morgan fingerprint density at radius 1 is 1.10 bits per heavy atom. The molecular weight excluding hydrogens is 401 g/mol. The van der Waals surface area contributed by atoms with Crippen LogP contribution in [0.4, 0.5) is 22.0 Å². The number of nitrogens with one attached hydrogen (secondary N) is 2. The molecule has 1 unspecified atom stereocenters. The van der Waals surface area contributed by atoms with Crippen molar-refractivity contribution in [1.29, 1.82) is 0 Å². The largest absolute Gasteiger partial charge is 0.430 e. The molecule has 6 nitrogen and oxygen atoms in total. The first-order chi connectivity index (χ1) is 13.5. The maximum absolute atomic E-state index is 13.5. The second kappa shape index (κ2) is 7.24. The summed E-state index contributed by atoms with van der Waals surface area (Å²) < 4.78 is 66.8. The molecule has 0 saturated heterocycles. The average Bonchev–Trinajstić information content (AvgIpc) is 2.66. The molecule has 1 heterocycles. The fourth-order valence-corrected chi connectivity index (χ4v) is 2.66. The van der Waals surface area contributed by atoms with E-state index < -0.39 is 47.0 Å². The van der Waals surface area contributed by atoms with E-state index in [1.54, 1.807) is 12.1 Å². The molecule has 1 aromatic heterocycles. The number of rotatable bonds is 4. The summed E-state index contributed by atoms with van der Waals surface area (Å²) in [7, 11) is 0. The van der Waals surface area contributed by atoms with Crippen LogP contribution in [0, 0.1) is 11.6 Å². The third-order valence-electron chi connectivity index (χ3n) is 4.15. The standard InChI is InChI=1S/C18H12F5N3O3/c19-11-6-5-9(7-12(11)20)17(29,18(21,22)23)16(28)24-8-14-25-13-4-2-1-3-10(13)15(27)26-14/h1-7,29H,8H2,(H,24,28)(H,25,26,27). The van der Waals surface area contributed by atoms with Gasteiger partial charge in [0, 0.05) is 5.56 Å². The number of alkyl halides is 3. The maximum Gasteiger partial charge on any atom is 0.430 e. The number of H-pyrrole nitrogens is 1. The number of hydrogen-bond acceptors (Lipinski definition) is 4. The quantitative estimate of drug-likeness (QED) is 0.572. The zero-order chi connectivity index (χ0) is 21.4. The summed E-state index contributed by atoms with van der Waals surface area (Å²) in [6.07, 6.45) is -5.55. The summed E-state index contributed by atoms with van der Waals surface area (Å²) in [5.74, 6) is -5.24. The Kier molecular flexibility index (Phi) is 5.09. The molecule has 0 fully saturated rings. The highest BCUT2D eigenvalue weighted by Crippen LogP contribution is 2.39. The normalized spacial score (nSPS) is 13.9. The van der Waals surface area contributed by atoms with Gasteiger partial charge in [-0.3, -0.25) is 9.59 Å². The topological polar surface area (TPSA) is 95.1 Å². The van der Waals surface area contributed by atoms with Crippen LogP contribution >= 0.6 is 0 Å². The number of aromatic amines is 1. The lowest BCUT2D eigenvalue weighted by Crippen LogP contribution is -2.54. The summed E-state index contributed by atoms with van der Waals surface area (Å²) in [5, 5.41) is 12.1. The van der Waals surface area contributed by atoms with Gasteiger partial charge in [0.25, 0.3) is 17.1 Å². The van der Waals surface area contributed by atoms with E-state index >= 15 is 0 Å². The number of benzene rings is 2. The van der Waals surface area contributed by atoms with Crippen molar-refractivity contribution in [3.8, 4) is 0 Å². The molecule has 3 N–H and O–H groups in total. The molecule has 11 heteroatoms. The van der Waals surface area contributed by atoms with Gasteiger partial charge in [0.05, 0.1) is 17.4 Å². The second-order valence-corrected chi connectivity index (χ2v) is 6.05. The molecule has 0 radical (unpaired) electrons. The lowest BCUT2D eigenvalue weighted by Gasteiger charge is -2.29. The van der Waals surface area contributed by atoms with Crippen LogP contribution in [0.1, 0.15) is 11.4 Å². The van der Waals surface area contributed by atoms with E-state index in [9.17, 15) is 36.6 Å². The highest BCUT2D eigenvalue weighted by molar-refractivity contribution is 5.87. The fourth-order valence-electron chi connectivity index (χ4n) is 2.66. The van der Waals surface area contributed by atoms with Crippen molar-refractivity contribution in [3.05, 3.63) is 75.8 Å². The van der Waals surface area contributed by atoms with Crippen LogP contribution in [0.5, 0.6) is 0 Å². The maximum atomic E-state index is 13.5. The van der Waals surface area contributed by atoms with Gasteiger partial charge < -0.3 is 15.4 Å². The van der Waals surface area contributed by atoms with Gasteiger partial charge in [0.2, 0.25) is 0 Å². The third kappa shape index (κ3) is 3.68. The highest BCUT2D eigenvalue weighted by atomic mass is 19.4. The number of carbonyl (C=O) groups excluding carboxylic acids is 1. The van der Waals surface area contributed by atoms with E-state index in [4.69, 9.17) is 0 Å². The van der Waals surface area contributed by atoms with Crippen LogP contribution in [0.25, 0.3) is 10.9 Å². The van der Waals surface area contributed by atoms with Gasteiger partial charge in [-0.05, 0) is 24.3 Å². The van der Waals surface area contributed by atoms with Gasteiger partial charge in [-0.2, -0.15) is 13.2 Å². The van der Waals surface area contributed by atoms with Crippen molar-refractivity contribution in [2.75, 3.05) is 0 Å². The number of hydrogen-bond donors (Lipinski definition) is 3. The number of aromatic nitrogens is 2. The number of nitrogens with zero attached hydrogens (tertiary/aromatic N) is 1. The summed E-state index contributed by atoms with van der Waals surface area (Å²) in [6, 6.07) is 7.03. The Morgan fingerprint density at radius 3 is 2.45 bits per heavy atom. The first-order valence-corrected chi connectivity index (χ1v) is 8.05. The molecular formula is C18H12F5N3O3. The fraction of sp³-hybridized carbons (Fsp3) is 0.167. The molecule has 0 aliphatic rings. The SMILES string of the molecule is O=C(NCc1nc2ccccc2c(=O)[nH]1)C(O)(c1ccc(F)c(F)c1)C(F)(F)F. The Hall–Kier alpha value is -3.34. The average molecular weight is 413 g/mol. The van der Waals surface area contributed by atoms with Crippen LogP contribution in [0.2, 0.25) is 0 Å². The Morgan fingerprint density at radius 2 is 1.79 bits per heavy atom. The van der Waals surface area contributed by atoms with Crippen molar-refractivity contribution >= 4 is 16.8 Å². The van der Waals surface area contributed by atoms with Crippen LogP contribution < -0.4 is 10.9 Å². The minimum absolute atomic E-state index is 0.0819. The van der Waals surface area contributed by atoms with Gasteiger partial charge >= 0.3 is 6.18 Å². The highest BCUT2D eigenvalue weighted by Gasteiger charge is 2.61. The molecule has 0 spiro atoms. The van der Waals surface area contributed by atoms with Crippen LogP contribution in [-0.4, -0.2) is 27.2 Å². The first-order valence-electron chi connectivity index (χ1n) is 8.05. The predicted octanol–water partition coefficient (Wildman–Crippen LogP) is 2.27. The van der Waals surface area contributed by atoms with Gasteiger partial charge in [-0.25, -0.2) is 13.8 Å². The number of carbonyl (C=O) groups is 1. The lowest BCUT2D eigenvalue weighted by atomic mass is 9.91. The van der Waals surface area contributed by atoms with Gasteiger partial charge in [0.15, 0.2) is 11.6 Å². The zero-order valence-electron chi connectivity index (χ0n) is 14.3. The van der Waals surface area contributed by atoms with Gasteiger partial charge in [0.1, 0.15) is 5.82 Å². The molecule has 152 valence electrons. The van der Waals surface area contributed by atoms with Crippen molar-refractivity contribution in [2.24, 2.45) is 0 Å². The van der Waals surface area contributed by atoms with Gasteiger partial charge in [-0.15, -0.1) is 0 Å². The van der Waals surface area contributed by atoms with Crippen molar-refractivity contribution < 1.29 is 31.9 Å². The number of fused-ring (bicyclic) bond motifs is 1. The van der Waals surface area contributed by atoms with Crippen molar-refractivity contribution in [3.63, 3.8) is 0 Å².